The fraction of sp³-hybridized carbons (Fsp3) is 0.286. The second kappa shape index (κ2) is 10.3. The highest BCUT2D eigenvalue weighted by atomic mass is 31.1. The highest BCUT2D eigenvalue weighted by Gasteiger charge is 2.73. The number of hydrogen-bond donors (Lipinski definition) is 2. The van der Waals surface area contributed by atoms with Crippen LogP contribution < -0.4 is 0 Å². The number of carbonyl (C=O) groups is 1. The fourth-order valence-corrected chi connectivity index (χ4v) is 5.21. The van der Waals surface area contributed by atoms with Gasteiger partial charge in [-0.05, 0) is 59.6 Å². The lowest BCUT2D eigenvalue weighted by atomic mass is 9.78. The molecule has 8 heteroatoms. The van der Waals surface area contributed by atoms with E-state index in [0.29, 0.717) is 11.3 Å². The van der Waals surface area contributed by atoms with E-state index >= 15 is 0 Å². The summed E-state index contributed by atoms with van der Waals surface area (Å²) < 4.78 is 32.1. The van der Waals surface area contributed by atoms with E-state index in [1.165, 1.54) is 30.3 Å². The number of rotatable bonds is 8. The molecule has 1 aliphatic carbocycles. The number of halogens is 1. The summed E-state index contributed by atoms with van der Waals surface area (Å²) in [7, 11) is -1.92. The fourth-order valence-electron chi connectivity index (χ4n) is 4.13. The quantitative estimate of drug-likeness (QED) is 0.320. The Labute approximate surface area is 210 Å². The van der Waals surface area contributed by atoms with Crippen molar-refractivity contribution < 1.29 is 28.5 Å². The van der Waals surface area contributed by atoms with Crippen LogP contribution in [0.5, 0.6) is 0 Å². The highest BCUT2D eigenvalue weighted by molar-refractivity contribution is 7.43. The second-order valence-electron chi connectivity index (χ2n) is 8.89. The lowest BCUT2D eigenvalue weighted by molar-refractivity contribution is -0.146. The number of aliphatic hydroxyl groups is 1. The predicted molar refractivity (Wildman–Crippen MR) is 134 cm³/mol. The van der Waals surface area contributed by atoms with Crippen LogP contribution in [0.3, 0.4) is 0 Å². The van der Waals surface area contributed by atoms with Crippen molar-refractivity contribution in [2.24, 2.45) is 5.92 Å². The number of nitrogens with zero attached hydrogens (tertiary/aromatic N) is 1. The first kappa shape index (κ1) is 25.7. The molecule has 0 saturated heterocycles. The molecule has 1 aromatic heterocycles. The van der Waals surface area contributed by atoms with E-state index in [2.05, 4.69) is 11.8 Å². The van der Waals surface area contributed by atoms with E-state index in [1.807, 2.05) is 37.3 Å². The minimum absolute atomic E-state index is 0.0239. The average molecular weight is 506 g/mol. The number of benzene rings is 2. The van der Waals surface area contributed by atoms with E-state index < -0.39 is 30.6 Å². The molecule has 1 heterocycles. The van der Waals surface area contributed by atoms with Gasteiger partial charge in [0, 0.05) is 17.9 Å². The maximum atomic E-state index is 13.6. The molecule has 4 rings (SSSR count). The van der Waals surface area contributed by atoms with Crippen molar-refractivity contribution >= 4 is 14.0 Å². The summed E-state index contributed by atoms with van der Waals surface area (Å²) in [6.07, 6.45) is 1.25. The van der Waals surface area contributed by atoms with Crippen molar-refractivity contribution in [1.29, 1.82) is 0 Å². The van der Waals surface area contributed by atoms with E-state index in [-0.39, 0.29) is 18.0 Å². The van der Waals surface area contributed by atoms with Crippen LogP contribution in [0.2, 0.25) is 0 Å². The summed E-state index contributed by atoms with van der Waals surface area (Å²) in [4.78, 5) is 17.6. The first-order valence-corrected chi connectivity index (χ1v) is 12.7. The standard InChI is InChI=1S/C28H25FNO5P/c1-19-8-15-24(30-25(19)22-6-4-3-5-7-22)27(33,18-21-11-13-23(29)14-12-21)28(26(31)32,36(34)35-2)17-16-20-9-10-20/h3-8,11-15,20,33H,9-10,18H2,1-2H3/p+1. The number of carboxylic acid groups (broad SMARTS) is 1. The van der Waals surface area contributed by atoms with Crippen LogP contribution in [0.15, 0.2) is 66.7 Å². The van der Waals surface area contributed by atoms with E-state index in [4.69, 9.17) is 9.51 Å². The molecule has 3 unspecified atom stereocenters. The molecular formula is C28H26FNO5P+. The number of aliphatic carboxylic acids is 1. The van der Waals surface area contributed by atoms with Gasteiger partial charge in [-0.2, -0.15) is 0 Å². The molecule has 2 aromatic carbocycles. The molecule has 0 aliphatic heterocycles. The molecule has 0 radical (unpaired) electrons. The molecule has 0 spiro atoms. The third-order valence-electron chi connectivity index (χ3n) is 6.32. The van der Waals surface area contributed by atoms with Crippen molar-refractivity contribution in [3.05, 3.63) is 89.4 Å². The third kappa shape index (κ3) is 4.81. The van der Waals surface area contributed by atoms with Crippen molar-refractivity contribution in [3.8, 4) is 23.1 Å². The van der Waals surface area contributed by atoms with Crippen LogP contribution in [0.25, 0.3) is 11.3 Å². The topological polar surface area (TPSA) is 96.7 Å². The Morgan fingerprint density at radius 1 is 1.14 bits per heavy atom. The number of aryl methyl sites for hydroxylation is 1. The molecule has 0 amide bonds. The van der Waals surface area contributed by atoms with Crippen LogP contribution in [-0.4, -0.2) is 33.4 Å². The summed E-state index contributed by atoms with van der Waals surface area (Å²) in [5.41, 5.74) is 0.106. The van der Waals surface area contributed by atoms with E-state index in [1.54, 1.807) is 6.07 Å². The van der Waals surface area contributed by atoms with Gasteiger partial charge < -0.3 is 10.2 Å². The Kier molecular flexibility index (Phi) is 7.33. The molecule has 36 heavy (non-hydrogen) atoms. The molecule has 3 aromatic rings. The molecule has 1 aliphatic rings. The van der Waals surface area contributed by atoms with E-state index in [9.17, 15) is 24.0 Å². The normalized spacial score (nSPS) is 16.7. The van der Waals surface area contributed by atoms with Gasteiger partial charge in [0.1, 0.15) is 5.82 Å². The Balaban J connectivity index is 2.00. The van der Waals surface area contributed by atoms with E-state index in [0.717, 1.165) is 31.1 Å². The van der Waals surface area contributed by atoms with Gasteiger partial charge in [-0.1, -0.05) is 54.5 Å². The maximum Gasteiger partial charge on any atom is 0.543 e. The second-order valence-corrected chi connectivity index (χ2v) is 10.4. The first-order valence-electron chi connectivity index (χ1n) is 11.5. The number of carboxylic acids is 1. The molecule has 3 atom stereocenters. The molecule has 1 fully saturated rings. The van der Waals surface area contributed by atoms with Crippen molar-refractivity contribution in [2.45, 2.75) is 36.9 Å². The molecule has 184 valence electrons. The van der Waals surface area contributed by atoms with Crippen molar-refractivity contribution in [2.75, 3.05) is 7.11 Å². The Hall–Kier alpha value is -3.43. The van der Waals surface area contributed by atoms with Gasteiger partial charge >= 0.3 is 19.2 Å². The largest absolute Gasteiger partial charge is 0.543 e. The lowest BCUT2D eigenvalue weighted by Crippen LogP contribution is -2.56. The maximum absolute atomic E-state index is 13.6. The zero-order valence-electron chi connectivity index (χ0n) is 19.9. The Bertz CT molecular complexity index is 1350. The summed E-state index contributed by atoms with van der Waals surface area (Å²) in [5.74, 6) is 3.44. The van der Waals surface area contributed by atoms with Gasteiger partial charge in [-0.15, -0.1) is 4.52 Å². The summed E-state index contributed by atoms with van der Waals surface area (Å²) in [5, 5.41) is 20.3. The summed E-state index contributed by atoms with van der Waals surface area (Å²) >= 11 is 0. The molecule has 0 bridgehead atoms. The van der Waals surface area contributed by atoms with Gasteiger partial charge in [0.2, 0.25) is 0 Å². The summed E-state index contributed by atoms with van der Waals surface area (Å²) in [6, 6.07) is 17.8. The SMILES string of the molecule is CO[P+](=O)C(C#CC1CC1)(C(=O)O)C(O)(Cc1ccc(F)cc1)c1ccc(C)c(-c2ccccc2)n1. The zero-order chi connectivity index (χ0) is 25.9. The highest BCUT2D eigenvalue weighted by Crippen LogP contribution is 2.53. The molecule has 6 nitrogen and oxygen atoms in total. The molecule has 1 saturated carbocycles. The smallest absolute Gasteiger partial charge is 0.477 e. The first-order chi connectivity index (χ1) is 17.2. The lowest BCUT2D eigenvalue weighted by Gasteiger charge is -2.33. The number of hydrogen-bond acceptors (Lipinski definition) is 5. The minimum atomic E-state index is -3.04. The zero-order valence-corrected chi connectivity index (χ0v) is 20.8. The Morgan fingerprint density at radius 3 is 2.39 bits per heavy atom. The minimum Gasteiger partial charge on any atom is -0.477 e. The van der Waals surface area contributed by atoms with Gasteiger partial charge in [0.05, 0.1) is 18.5 Å². The van der Waals surface area contributed by atoms with Crippen LogP contribution in [-0.2, 0) is 25.9 Å². The molecular weight excluding hydrogens is 480 g/mol. The van der Waals surface area contributed by atoms with Crippen LogP contribution in [0, 0.1) is 30.5 Å². The number of aromatic nitrogens is 1. The van der Waals surface area contributed by atoms with Crippen LogP contribution in [0.1, 0.15) is 29.7 Å². The monoisotopic (exact) mass is 506 g/mol. The van der Waals surface area contributed by atoms with Crippen molar-refractivity contribution in [1.82, 2.24) is 4.98 Å². The Morgan fingerprint density at radius 2 is 1.81 bits per heavy atom. The van der Waals surface area contributed by atoms with Gasteiger partial charge in [-0.3, -0.25) is 0 Å². The molecule has 2 N–H and O–H groups in total. The average Bonchev–Trinajstić information content (AvgIpc) is 3.70. The predicted octanol–water partition coefficient (Wildman–Crippen LogP) is 5.25. The van der Waals surface area contributed by atoms with Gasteiger partial charge in [0.15, 0.2) is 5.60 Å². The van der Waals surface area contributed by atoms with Crippen LogP contribution >= 0.6 is 8.03 Å². The van der Waals surface area contributed by atoms with Gasteiger partial charge in [-0.25, -0.2) is 14.2 Å². The van der Waals surface area contributed by atoms with Crippen LogP contribution in [0.4, 0.5) is 4.39 Å². The third-order valence-corrected chi connectivity index (χ3v) is 7.88. The van der Waals surface area contributed by atoms with Crippen molar-refractivity contribution in [3.63, 3.8) is 0 Å². The number of pyridine rings is 1. The summed E-state index contributed by atoms with van der Waals surface area (Å²) in [6.45, 7) is 1.85. The van der Waals surface area contributed by atoms with Gasteiger partial charge in [0.25, 0.3) is 0 Å².